The molecule has 1 aliphatic heterocycles. The molecule has 2 atom stereocenters. The molecule has 1 fully saturated rings. The third-order valence-electron chi connectivity index (χ3n) is 6.28. The van der Waals surface area contributed by atoms with Gasteiger partial charge in [0.1, 0.15) is 29.3 Å². The highest BCUT2D eigenvalue weighted by Gasteiger charge is 2.37. The van der Waals surface area contributed by atoms with Crippen LogP contribution in [0.4, 0.5) is 10.6 Å². The van der Waals surface area contributed by atoms with Gasteiger partial charge in [-0.2, -0.15) is 10.4 Å². The molecular weight excluding hydrogens is 510 g/mol. The molecule has 1 saturated heterocycles. The molecule has 0 aliphatic carbocycles. The lowest BCUT2D eigenvalue weighted by atomic mass is 10.1. The number of carbonyl (C=O) groups excluding carboxylic acids is 1. The first kappa shape index (κ1) is 26.7. The van der Waals surface area contributed by atoms with Crippen LogP contribution in [0.3, 0.4) is 0 Å². The van der Waals surface area contributed by atoms with Crippen molar-refractivity contribution in [2.45, 2.75) is 45.4 Å². The van der Waals surface area contributed by atoms with Crippen molar-refractivity contribution in [2.24, 2.45) is 0 Å². The number of hydrogen-bond acceptors (Lipinski definition) is 9. The molecule has 1 N–H and O–H groups in total. The Morgan fingerprint density at radius 3 is 2.70 bits per heavy atom. The molecule has 206 valence electrons. The highest BCUT2D eigenvalue weighted by atomic mass is 16.6. The van der Waals surface area contributed by atoms with Crippen molar-refractivity contribution in [3.63, 3.8) is 0 Å². The summed E-state index contributed by atoms with van der Waals surface area (Å²) in [6.07, 6.45) is 5.84. The zero-order valence-corrected chi connectivity index (χ0v) is 22.9. The van der Waals surface area contributed by atoms with Gasteiger partial charge in [-0.25, -0.2) is 19.3 Å². The smallest absolute Gasteiger partial charge is 0.408 e. The van der Waals surface area contributed by atoms with Gasteiger partial charge in [-0.15, -0.1) is 0 Å². The van der Waals surface area contributed by atoms with Crippen LogP contribution >= 0.6 is 0 Å². The fourth-order valence-corrected chi connectivity index (χ4v) is 4.63. The normalized spacial score (nSPS) is 16.9. The summed E-state index contributed by atoms with van der Waals surface area (Å²) in [7, 11) is 0. The number of hydrogen-bond donors (Lipinski definition) is 1. The molecule has 1 aliphatic rings. The second-order valence-electron chi connectivity index (χ2n) is 10.4. The Morgan fingerprint density at radius 1 is 1.18 bits per heavy atom. The topological polar surface area (TPSA) is 127 Å². The number of aromatic nitrogens is 4. The van der Waals surface area contributed by atoms with Gasteiger partial charge < -0.3 is 24.4 Å². The molecule has 0 bridgehead atoms. The molecule has 40 heavy (non-hydrogen) atoms. The number of carbonyl (C=O) groups is 1. The monoisotopic (exact) mass is 541 g/mol. The van der Waals surface area contributed by atoms with E-state index < -0.39 is 11.7 Å². The van der Waals surface area contributed by atoms with E-state index in [-0.39, 0.29) is 12.1 Å². The molecule has 1 amide bonds. The lowest BCUT2D eigenvalue weighted by Crippen LogP contribution is -2.47. The van der Waals surface area contributed by atoms with Crippen molar-refractivity contribution in [1.29, 1.82) is 5.26 Å². The molecular formula is C29H31N7O4. The van der Waals surface area contributed by atoms with Gasteiger partial charge in [0.15, 0.2) is 0 Å². The van der Waals surface area contributed by atoms with Gasteiger partial charge in [0, 0.05) is 36.1 Å². The van der Waals surface area contributed by atoms with Crippen LogP contribution in [0.2, 0.25) is 0 Å². The number of amides is 1. The van der Waals surface area contributed by atoms with Crippen LogP contribution in [0.25, 0.3) is 16.6 Å². The summed E-state index contributed by atoms with van der Waals surface area (Å²) in [5.41, 5.74) is 2.14. The zero-order valence-electron chi connectivity index (χ0n) is 22.9. The molecule has 4 aromatic heterocycles. The van der Waals surface area contributed by atoms with Gasteiger partial charge in [-0.3, -0.25) is 0 Å². The maximum Gasteiger partial charge on any atom is 0.408 e. The van der Waals surface area contributed by atoms with Crippen LogP contribution in [0, 0.1) is 11.3 Å². The second kappa shape index (κ2) is 11.1. The number of rotatable bonds is 7. The summed E-state index contributed by atoms with van der Waals surface area (Å²) in [5.74, 6) is 1.84. The Morgan fingerprint density at radius 2 is 2.02 bits per heavy atom. The molecule has 4 aromatic rings. The van der Waals surface area contributed by atoms with Gasteiger partial charge in [0.2, 0.25) is 5.88 Å². The minimum absolute atomic E-state index is 0.356. The minimum atomic E-state index is -0.622. The van der Waals surface area contributed by atoms with E-state index in [0.29, 0.717) is 42.4 Å². The lowest BCUT2D eigenvalue weighted by molar-refractivity contribution is 0.0471. The minimum Gasteiger partial charge on any atom is -0.492 e. The van der Waals surface area contributed by atoms with E-state index in [2.05, 4.69) is 21.5 Å². The number of fused-ring (bicyclic) bond motifs is 1. The van der Waals surface area contributed by atoms with Gasteiger partial charge in [-0.05, 0) is 52.0 Å². The van der Waals surface area contributed by atoms with E-state index in [1.54, 1.807) is 35.4 Å². The lowest BCUT2D eigenvalue weighted by Gasteiger charge is -2.24. The quantitative estimate of drug-likeness (QED) is 0.366. The Labute approximate surface area is 232 Å². The Bertz CT molecular complexity index is 1520. The van der Waals surface area contributed by atoms with Crippen molar-refractivity contribution >= 4 is 17.4 Å². The summed E-state index contributed by atoms with van der Waals surface area (Å²) in [5, 5.41) is 16.9. The highest BCUT2D eigenvalue weighted by molar-refractivity contribution is 5.85. The van der Waals surface area contributed by atoms with Crippen LogP contribution in [-0.2, 0) is 4.74 Å². The average molecular weight is 542 g/mol. The SMILES string of the molecule is CCOc1cc(-c2ccc(N3C[C@H](NC(=O)OC(C)(C)C)[C@@H](Oc4ccccn4)C3)nc2)c2c(C#N)cnn2c1. The van der Waals surface area contributed by atoms with Gasteiger partial charge in [0.25, 0.3) is 0 Å². The summed E-state index contributed by atoms with van der Waals surface area (Å²) < 4.78 is 19.0. The first-order valence-electron chi connectivity index (χ1n) is 13.1. The second-order valence-corrected chi connectivity index (χ2v) is 10.4. The standard InChI is InChI=1S/C29H31N7O4/c1-5-38-21-12-22(27-20(13-30)15-33-36(27)16-21)19-9-10-25(32-14-19)35-17-23(34-28(37)40-29(2,3)4)24(18-35)39-26-8-6-7-11-31-26/h6-12,14-16,23-24H,5,17-18H2,1-4H3,(H,34,37)/t23-,24-/m0/s1. The molecule has 0 unspecified atom stereocenters. The fraction of sp³-hybridized carbons (Fsp3) is 0.345. The van der Waals surface area contributed by atoms with Crippen LogP contribution in [-0.4, -0.2) is 63.1 Å². The average Bonchev–Trinajstić information content (AvgIpc) is 3.52. The maximum atomic E-state index is 12.6. The Kier molecular flexibility index (Phi) is 7.42. The van der Waals surface area contributed by atoms with Gasteiger partial charge in [0.05, 0.1) is 42.7 Å². The maximum absolute atomic E-state index is 12.6. The number of nitriles is 1. The van der Waals surface area contributed by atoms with Crippen molar-refractivity contribution in [3.8, 4) is 28.8 Å². The largest absolute Gasteiger partial charge is 0.492 e. The Hall–Kier alpha value is -4.85. The van der Waals surface area contributed by atoms with Crippen molar-refractivity contribution in [3.05, 3.63) is 66.7 Å². The number of pyridine rings is 3. The summed E-state index contributed by atoms with van der Waals surface area (Å²) in [4.78, 5) is 23.6. The fourth-order valence-electron chi connectivity index (χ4n) is 4.63. The van der Waals surface area contributed by atoms with Crippen LogP contribution in [0.1, 0.15) is 33.3 Å². The summed E-state index contributed by atoms with van der Waals surface area (Å²) in [6.45, 7) is 8.83. The summed E-state index contributed by atoms with van der Waals surface area (Å²) in [6, 6.07) is 13.1. The van der Waals surface area contributed by atoms with Crippen LogP contribution < -0.4 is 19.7 Å². The molecule has 11 nitrogen and oxygen atoms in total. The number of nitrogens with one attached hydrogen (secondary N) is 1. The molecule has 11 heteroatoms. The molecule has 0 aromatic carbocycles. The number of anilines is 1. The predicted octanol–water partition coefficient (Wildman–Crippen LogP) is 4.22. The van der Waals surface area contributed by atoms with E-state index in [9.17, 15) is 10.1 Å². The molecule has 5 heterocycles. The third-order valence-corrected chi connectivity index (χ3v) is 6.28. The molecule has 0 spiro atoms. The van der Waals surface area contributed by atoms with Crippen LogP contribution in [0.5, 0.6) is 11.6 Å². The number of alkyl carbamates (subject to hydrolysis) is 1. The Balaban J connectivity index is 1.40. The first-order valence-corrected chi connectivity index (χ1v) is 13.1. The van der Waals surface area contributed by atoms with E-state index in [4.69, 9.17) is 19.2 Å². The van der Waals surface area contributed by atoms with E-state index >= 15 is 0 Å². The van der Waals surface area contributed by atoms with Crippen molar-refractivity contribution in [2.75, 3.05) is 24.6 Å². The van der Waals surface area contributed by atoms with Gasteiger partial charge >= 0.3 is 6.09 Å². The predicted molar refractivity (Wildman–Crippen MR) is 148 cm³/mol. The first-order chi connectivity index (χ1) is 19.2. The van der Waals surface area contributed by atoms with E-state index in [0.717, 1.165) is 16.9 Å². The van der Waals surface area contributed by atoms with Crippen molar-refractivity contribution in [1.82, 2.24) is 24.9 Å². The highest BCUT2D eigenvalue weighted by Crippen LogP contribution is 2.32. The van der Waals surface area contributed by atoms with E-state index in [1.807, 2.05) is 62.9 Å². The van der Waals surface area contributed by atoms with Crippen LogP contribution in [0.15, 0.2) is 61.2 Å². The van der Waals surface area contributed by atoms with Crippen molar-refractivity contribution < 1.29 is 19.0 Å². The third kappa shape index (κ3) is 5.91. The molecule has 5 rings (SSSR count). The summed E-state index contributed by atoms with van der Waals surface area (Å²) >= 11 is 0. The zero-order chi connectivity index (χ0) is 28.3. The van der Waals surface area contributed by atoms with E-state index in [1.165, 1.54) is 0 Å². The number of nitrogens with zero attached hydrogens (tertiary/aromatic N) is 6. The molecule has 0 radical (unpaired) electrons. The molecule has 0 saturated carbocycles. The van der Waals surface area contributed by atoms with Gasteiger partial charge in [-0.1, -0.05) is 6.07 Å². The number of ether oxygens (including phenoxy) is 3.